The summed E-state index contributed by atoms with van der Waals surface area (Å²) in [6.07, 6.45) is 6.42. The first-order valence-corrected chi connectivity index (χ1v) is 25.9. The summed E-state index contributed by atoms with van der Waals surface area (Å²) in [6.45, 7) is 10.9. The summed E-state index contributed by atoms with van der Waals surface area (Å²) < 4.78 is 52.2. The number of nitrogens with zero attached hydrogens (tertiary/aromatic N) is 4. The first kappa shape index (κ1) is 53.4. The molecule has 396 valence electrons. The molecule has 5 N–H and O–H groups in total. The summed E-state index contributed by atoms with van der Waals surface area (Å²) in [5.41, 5.74) is 5.08. The van der Waals surface area contributed by atoms with Crippen LogP contribution in [0.1, 0.15) is 82.1 Å². The van der Waals surface area contributed by atoms with E-state index < -0.39 is 35.8 Å². The number of nitrogens with one attached hydrogen (secondary N) is 5. The molecule has 4 aliphatic heterocycles. The maximum atomic E-state index is 15.1. The number of rotatable bonds is 18. The molecule has 2 atom stereocenters. The van der Waals surface area contributed by atoms with Crippen molar-refractivity contribution < 1.29 is 37.1 Å². The summed E-state index contributed by atoms with van der Waals surface area (Å²) in [5.74, 6) is 1.36. The number of carbonyl (C=O) groups excluding carboxylic acids is 4. The van der Waals surface area contributed by atoms with Gasteiger partial charge in [-0.1, -0.05) is 55.6 Å². The second-order valence-electron chi connectivity index (χ2n) is 20.7. The molecular weight excluding hydrogens is 995 g/mol. The zero-order valence-electron chi connectivity index (χ0n) is 42.8. The molecule has 10 rings (SSSR count). The number of hydrogen-bond acceptors (Lipinski definition) is 9. The van der Waals surface area contributed by atoms with Gasteiger partial charge in [0.1, 0.15) is 29.6 Å². The van der Waals surface area contributed by atoms with Crippen LogP contribution in [-0.2, 0) is 45.8 Å². The quantitative estimate of drug-likeness (QED) is 0.0444. The Bertz CT molecular complexity index is 3180. The van der Waals surface area contributed by atoms with Crippen LogP contribution < -0.4 is 36.4 Å². The monoisotopic (exact) mass is 1060 g/mol. The number of halogens is 4. The topological polar surface area (TPSA) is 162 Å². The number of hydrogen-bond donors (Lipinski definition) is 5. The molecule has 6 heterocycles. The van der Waals surface area contributed by atoms with Crippen LogP contribution in [0, 0.1) is 35.2 Å². The van der Waals surface area contributed by atoms with Gasteiger partial charge in [-0.15, -0.1) is 0 Å². The zero-order valence-corrected chi connectivity index (χ0v) is 43.5. The lowest BCUT2D eigenvalue weighted by Crippen LogP contribution is -2.50. The van der Waals surface area contributed by atoms with Crippen LogP contribution in [0.2, 0.25) is 5.02 Å². The van der Waals surface area contributed by atoms with E-state index in [0.29, 0.717) is 47.2 Å². The Morgan fingerprint density at radius 3 is 2.34 bits per heavy atom. The van der Waals surface area contributed by atoms with E-state index in [1.807, 2.05) is 11.0 Å². The molecule has 2 bridgehead atoms. The molecule has 4 aromatic carbocycles. The Hall–Kier alpha value is -7.39. The van der Waals surface area contributed by atoms with Crippen molar-refractivity contribution in [2.75, 3.05) is 68.8 Å². The summed E-state index contributed by atoms with van der Waals surface area (Å²) in [7, 11) is 0. The van der Waals surface area contributed by atoms with Gasteiger partial charge in [-0.05, 0) is 104 Å². The van der Waals surface area contributed by atoms with Crippen molar-refractivity contribution in [3.05, 3.63) is 159 Å². The summed E-state index contributed by atoms with van der Waals surface area (Å²) in [4.78, 5) is 60.3. The van der Waals surface area contributed by atoms with Crippen LogP contribution in [0.15, 0.2) is 97.3 Å². The van der Waals surface area contributed by atoms with Crippen LogP contribution in [0.4, 0.5) is 24.5 Å². The first-order chi connectivity index (χ1) is 36.5. The highest BCUT2D eigenvalue weighted by atomic mass is 35.5. The molecule has 4 amide bonds. The van der Waals surface area contributed by atoms with Crippen molar-refractivity contribution in [1.29, 1.82) is 0 Å². The molecule has 2 aromatic heterocycles. The maximum Gasteiger partial charge on any atom is 0.296 e. The Morgan fingerprint density at radius 2 is 1.59 bits per heavy atom. The van der Waals surface area contributed by atoms with Crippen molar-refractivity contribution in [2.24, 2.45) is 5.92 Å². The molecule has 18 heteroatoms. The number of amides is 4. The van der Waals surface area contributed by atoms with Gasteiger partial charge in [0, 0.05) is 132 Å². The van der Waals surface area contributed by atoms with Crippen LogP contribution in [0.25, 0.3) is 11.0 Å². The van der Waals surface area contributed by atoms with Crippen molar-refractivity contribution in [2.45, 2.75) is 70.6 Å². The molecular formula is C58H61ClF3N9O5. The molecule has 0 aliphatic carbocycles. The van der Waals surface area contributed by atoms with Crippen molar-refractivity contribution >= 4 is 57.6 Å². The van der Waals surface area contributed by atoms with E-state index in [0.717, 1.165) is 54.0 Å². The number of ether oxygens (including phenoxy) is 1. The fraction of sp³-hybridized carbons (Fsp3) is 0.362. The van der Waals surface area contributed by atoms with E-state index in [4.69, 9.17) is 16.3 Å². The van der Waals surface area contributed by atoms with Gasteiger partial charge < -0.3 is 45.7 Å². The average molecular weight is 1060 g/mol. The number of pyridine rings is 1. The van der Waals surface area contributed by atoms with Gasteiger partial charge in [0.15, 0.2) is 0 Å². The predicted molar refractivity (Wildman–Crippen MR) is 287 cm³/mol. The highest BCUT2D eigenvalue weighted by Gasteiger charge is 2.38. The maximum absolute atomic E-state index is 15.1. The van der Waals surface area contributed by atoms with Gasteiger partial charge in [0.25, 0.3) is 17.7 Å². The number of fused-ring (bicyclic) bond motifs is 6. The number of piperidine rings is 1. The van der Waals surface area contributed by atoms with E-state index in [-0.39, 0.29) is 78.9 Å². The third kappa shape index (κ3) is 12.8. The standard InChI is InChI=1S/C58H61ClF3N9O5/c1-57(2)35-71(33-45-47(59)5-4-6-48(45)60)51-28-41(10-13-46(51)57)55(74)67-31-44-49(61)25-38(26-50(44)62)9-14-52(72)63-20-23-76-24-21-64-53(73)34-69-22-17-40-27-42(30-66-54(40)69)56(75)65-19-16-37-7-11-43(12-8-37)70-32-39-15-18-58(3,36-70)68-29-39/h4-8,10-13,17,22,25-28,30,39,68H,15-16,18-21,23-24,29,31-36H2,1-3H3,(H,63,72)(H,64,73)(H,65,75)(H,67,74)/t39-,58-/m1/s1. The SMILES string of the molecule is CC1(C)CN(Cc2c(F)cccc2Cl)c2cc(C(=O)NCc3c(F)cc(C#CC(=O)NCCOCCNC(=O)Cn4ccc5cc(C(=O)NCCc6ccc(N7C[C@@H]8CC[C@](C)(C7)NC8)cc6)cnc54)cc3F)ccc21. The van der Waals surface area contributed by atoms with Gasteiger partial charge in [0.05, 0.1) is 18.8 Å². The van der Waals surface area contributed by atoms with Crippen LogP contribution in [0.3, 0.4) is 0 Å². The lowest BCUT2D eigenvalue weighted by atomic mass is 9.86. The lowest BCUT2D eigenvalue weighted by molar-refractivity contribution is -0.121. The molecule has 0 unspecified atom stereocenters. The normalized spacial score (nSPS) is 17.4. The Kier molecular flexibility index (Phi) is 16.3. The van der Waals surface area contributed by atoms with E-state index in [2.05, 4.69) is 93.3 Å². The molecule has 0 radical (unpaired) electrons. The van der Waals surface area contributed by atoms with Crippen LogP contribution in [-0.4, -0.2) is 97.7 Å². The van der Waals surface area contributed by atoms with Crippen molar-refractivity contribution in [3.8, 4) is 11.8 Å². The minimum absolute atomic E-state index is 0.00324. The highest BCUT2D eigenvalue weighted by Crippen LogP contribution is 2.42. The molecule has 4 aliphatic rings. The molecule has 14 nitrogen and oxygen atoms in total. The summed E-state index contributed by atoms with van der Waals surface area (Å²) >= 11 is 6.32. The summed E-state index contributed by atoms with van der Waals surface area (Å²) in [6, 6.07) is 23.8. The minimum atomic E-state index is -0.951. The third-order valence-corrected chi connectivity index (χ3v) is 14.8. The van der Waals surface area contributed by atoms with Gasteiger partial charge in [-0.2, -0.15) is 0 Å². The molecule has 0 spiro atoms. The third-order valence-electron chi connectivity index (χ3n) is 14.4. The van der Waals surface area contributed by atoms with Crippen LogP contribution >= 0.6 is 11.6 Å². The van der Waals surface area contributed by atoms with Crippen molar-refractivity contribution in [3.63, 3.8) is 0 Å². The fourth-order valence-electron chi connectivity index (χ4n) is 10.3. The lowest BCUT2D eigenvalue weighted by Gasteiger charge is -2.35. The second kappa shape index (κ2) is 23.2. The second-order valence-corrected chi connectivity index (χ2v) is 21.1. The molecule has 6 aromatic rings. The van der Waals surface area contributed by atoms with Gasteiger partial charge in [-0.25, -0.2) is 18.2 Å². The van der Waals surface area contributed by atoms with E-state index in [1.165, 1.54) is 36.9 Å². The molecule has 0 saturated carbocycles. The molecule has 3 saturated heterocycles. The summed E-state index contributed by atoms with van der Waals surface area (Å²) in [5, 5.41) is 15.7. The molecule has 76 heavy (non-hydrogen) atoms. The molecule has 3 fully saturated rings. The van der Waals surface area contributed by atoms with E-state index >= 15 is 8.78 Å². The first-order valence-electron chi connectivity index (χ1n) is 25.6. The van der Waals surface area contributed by atoms with E-state index in [1.54, 1.807) is 41.1 Å². The highest BCUT2D eigenvalue weighted by molar-refractivity contribution is 6.31. The van der Waals surface area contributed by atoms with Gasteiger partial charge in [-0.3, -0.25) is 19.2 Å². The average Bonchev–Trinajstić information content (AvgIpc) is 3.77. The minimum Gasteiger partial charge on any atom is -0.378 e. The predicted octanol–water partition coefficient (Wildman–Crippen LogP) is 7.19. The zero-order chi connectivity index (χ0) is 53.6. The van der Waals surface area contributed by atoms with Gasteiger partial charge >= 0.3 is 0 Å². The Balaban J connectivity index is 0.655. The fourth-order valence-corrected chi connectivity index (χ4v) is 10.5. The van der Waals surface area contributed by atoms with E-state index in [9.17, 15) is 23.6 Å². The largest absolute Gasteiger partial charge is 0.378 e. The number of carbonyl (C=O) groups is 4. The van der Waals surface area contributed by atoms with Crippen molar-refractivity contribution in [1.82, 2.24) is 36.1 Å². The van der Waals surface area contributed by atoms with Crippen LogP contribution in [0.5, 0.6) is 0 Å². The Labute approximate surface area is 445 Å². The number of benzene rings is 4. The number of anilines is 2. The van der Waals surface area contributed by atoms with Gasteiger partial charge in [0.2, 0.25) is 5.91 Å². The number of aromatic nitrogens is 2. The Morgan fingerprint density at radius 1 is 0.829 bits per heavy atom. The smallest absolute Gasteiger partial charge is 0.296 e.